The number of nitrogens with zero attached hydrogens (tertiary/aromatic N) is 4. The van der Waals surface area contributed by atoms with Gasteiger partial charge in [-0.25, -0.2) is 0 Å². The zero-order valence-electron chi connectivity index (χ0n) is 13.7. The molecule has 2 N–H and O–H groups in total. The van der Waals surface area contributed by atoms with Crippen LogP contribution in [0.1, 0.15) is 22.6 Å². The molecule has 2 rings (SSSR count). The van der Waals surface area contributed by atoms with E-state index >= 15 is 0 Å². The largest absolute Gasteiger partial charge is 0.356 e. The van der Waals surface area contributed by atoms with Crippen LogP contribution in [0.25, 0.3) is 0 Å². The Morgan fingerprint density at radius 3 is 2.68 bits per heavy atom. The lowest BCUT2D eigenvalue weighted by atomic mass is 10.2. The minimum atomic E-state index is 0.717. The number of hydrogen-bond acceptors (Lipinski definition) is 3. The molecule has 2 aromatic heterocycles. The van der Waals surface area contributed by atoms with Crippen molar-refractivity contribution in [3.05, 3.63) is 47.0 Å². The second kappa shape index (κ2) is 7.59. The molecular formula is C16H24N6. The summed E-state index contributed by atoms with van der Waals surface area (Å²) in [6, 6.07) is 5.96. The van der Waals surface area contributed by atoms with E-state index in [4.69, 9.17) is 0 Å². The molecule has 0 unspecified atom stereocenters. The van der Waals surface area contributed by atoms with E-state index < -0.39 is 0 Å². The number of hydrogen-bond donors (Lipinski definition) is 2. The van der Waals surface area contributed by atoms with Crippen LogP contribution in [0.5, 0.6) is 0 Å². The van der Waals surface area contributed by atoms with Gasteiger partial charge in [0.2, 0.25) is 0 Å². The van der Waals surface area contributed by atoms with Crippen LogP contribution in [0.15, 0.2) is 29.4 Å². The minimum Gasteiger partial charge on any atom is -0.356 e. The van der Waals surface area contributed by atoms with E-state index in [1.807, 2.05) is 43.0 Å². The van der Waals surface area contributed by atoms with Crippen LogP contribution in [-0.4, -0.2) is 34.3 Å². The Morgan fingerprint density at radius 1 is 1.27 bits per heavy atom. The highest BCUT2D eigenvalue weighted by atomic mass is 15.3. The molecule has 0 bridgehead atoms. The fraction of sp³-hybridized carbons (Fsp3) is 0.438. The summed E-state index contributed by atoms with van der Waals surface area (Å²) in [5, 5.41) is 11.1. The van der Waals surface area contributed by atoms with Crippen molar-refractivity contribution in [2.24, 2.45) is 12.0 Å². The summed E-state index contributed by atoms with van der Waals surface area (Å²) in [4.78, 5) is 8.56. The molecule has 118 valence electrons. The van der Waals surface area contributed by atoms with E-state index in [-0.39, 0.29) is 0 Å². The quantitative estimate of drug-likeness (QED) is 0.646. The number of aromatic nitrogens is 3. The third kappa shape index (κ3) is 4.07. The molecule has 0 saturated heterocycles. The first-order chi connectivity index (χ1) is 10.6. The van der Waals surface area contributed by atoms with Crippen molar-refractivity contribution in [1.29, 1.82) is 0 Å². The first-order valence-corrected chi connectivity index (χ1v) is 7.45. The van der Waals surface area contributed by atoms with Crippen LogP contribution in [0.4, 0.5) is 0 Å². The van der Waals surface area contributed by atoms with Crippen LogP contribution < -0.4 is 10.6 Å². The Hall–Kier alpha value is -2.37. The third-order valence-electron chi connectivity index (χ3n) is 3.71. The van der Waals surface area contributed by atoms with Gasteiger partial charge >= 0.3 is 0 Å². The molecule has 6 heteroatoms. The maximum absolute atomic E-state index is 4.42. The highest BCUT2D eigenvalue weighted by molar-refractivity contribution is 5.79. The number of guanidine groups is 1. The summed E-state index contributed by atoms with van der Waals surface area (Å²) >= 11 is 0. The lowest BCUT2D eigenvalue weighted by Gasteiger charge is -2.12. The van der Waals surface area contributed by atoms with Crippen molar-refractivity contribution in [3.8, 4) is 0 Å². The van der Waals surface area contributed by atoms with E-state index in [1.165, 1.54) is 11.3 Å². The SMILES string of the molecule is CN=C(NCCc1ccccn1)NCc1c(C)nn(C)c1C. The number of aryl methyl sites for hydroxylation is 2. The smallest absolute Gasteiger partial charge is 0.191 e. The molecule has 0 atom stereocenters. The fourth-order valence-electron chi connectivity index (χ4n) is 2.32. The molecule has 0 aromatic carbocycles. The van der Waals surface area contributed by atoms with Crippen molar-refractivity contribution in [1.82, 2.24) is 25.4 Å². The topological polar surface area (TPSA) is 67.1 Å². The first-order valence-electron chi connectivity index (χ1n) is 7.45. The molecule has 2 aromatic rings. The van der Waals surface area contributed by atoms with Crippen molar-refractivity contribution in [2.75, 3.05) is 13.6 Å². The van der Waals surface area contributed by atoms with Gasteiger partial charge in [0.25, 0.3) is 0 Å². The molecule has 2 heterocycles. The molecule has 0 aliphatic rings. The van der Waals surface area contributed by atoms with Gasteiger partial charge in [-0.3, -0.25) is 14.7 Å². The summed E-state index contributed by atoms with van der Waals surface area (Å²) in [6.45, 7) is 5.62. The molecule has 0 fully saturated rings. The Labute approximate surface area is 131 Å². The van der Waals surface area contributed by atoms with E-state index in [0.717, 1.165) is 36.9 Å². The van der Waals surface area contributed by atoms with Gasteiger partial charge in [-0.2, -0.15) is 5.10 Å². The van der Waals surface area contributed by atoms with Crippen LogP contribution in [-0.2, 0) is 20.0 Å². The molecule has 0 spiro atoms. The van der Waals surface area contributed by atoms with Crippen LogP contribution in [0.3, 0.4) is 0 Å². The van der Waals surface area contributed by atoms with Gasteiger partial charge in [0, 0.05) is 56.8 Å². The van der Waals surface area contributed by atoms with Crippen LogP contribution in [0.2, 0.25) is 0 Å². The third-order valence-corrected chi connectivity index (χ3v) is 3.71. The van der Waals surface area contributed by atoms with Gasteiger partial charge in [-0.1, -0.05) is 6.07 Å². The summed E-state index contributed by atoms with van der Waals surface area (Å²) in [5.41, 5.74) is 4.52. The predicted molar refractivity (Wildman–Crippen MR) is 88.8 cm³/mol. The highest BCUT2D eigenvalue weighted by Crippen LogP contribution is 2.10. The summed E-state index contributed by atoms with van der Waals surface area (Å²) in [6.07, 6.45) is 2.68. The Kier molecular flexibility index (Phi) is 5.52. The average molecular weight is 300 g/mol. The lowest BCUT2D eigenvalue weighted by molar-refractivity contribution is 0.728. The number of nitrogens with one attached hydrogen (secondary N) is 2. The van der Waals surface area contributed by atoms with Gasteiger partial charge < -0.3 is 10.6 Å². The second-order valence-electron chi connectivity index (χ2n) is 5.20. The predicted octanol–water partition coefficient (Wildman–Crippen LogP) is 1.34. The fourth-order valence-corrected chi connectivity index (χ4v) is 2.32. The molecule has 0 aliphatic carbocycles. The maximum Gasteiger partial charge on any atom is 0.191 e. The Balaban J connectivity index is 1.83. The van der Waals surface area contributed by atoms with Crippen LogP contribution >= 0.6 is 0 Å². The van der Waals surface area contributed by atoms with E-state index in [9.17, 15) is 0 Å². The van der Waals surface area contributed by atoms with Crippen LogP contribution in [0, 0.1) is 13.8 Å². The molecule has 0 saturated carbocycles. The molecular weight excluding hydrogens is 276 g/mol. The van der Waals surface area contributed by atoms with E-state index in [2.05, 4.69) is 32.6 Å². The normalized spacial score (nSPS) is 11.5. The van der Waals surface area contributed by atoms with Gasteiger partial charge in [0.05, 0.1) is 5.69 Å². The number of pyridine rings is 1. The van der Waals surface area contributed by atoms with Crippen molar-refractivity contribution in [3.63, 3.8) is 0 Å². The van der Waals surface area contributed by atoms with Crippen molar-refractivity contribution >= 4 is 5.96 Å². The number of rotatable bonds is 5. The maximum atomic E-state index is 4.42. The molecule has 22 heavy (non-hydrogen) atoms. The van der Waals surface area contributed by atoms with Gasteiger partial charge in [-0.05, 0) is 26.0 Å². The summed E-state index contributed by atoms with van der Waals surface area (Å²) in [7, 11) is 3.74. The van der Waals surface area contributed by atoms with Gasteiger partial charge in [0.1, 0.15) is 0 Å². The number of aliphatic imine (C=N–C) groups is 1. The zero-order valence-corrected chi connectivity index (χ0v) is 13.7. The molecule has 6 nitrogen and oxygen atoms in total. The van der Waals surface area contributed by atoms with Gasteiger partial charge in [-0.15, -0.1) is 0 Å². The molecule has 0 amide bonds. The molecule has 0 aliphatic heterocycles. The Morgan fingerprint density at radius 2 is 2.09 bits per heavy atom. The monoisotopic (exact) mass is 300 g/mol. The Bertz CT molecular complexity index is 630. The second-order valence-corrected chi connectivity index (χ2v) is 5.20. The minimum absolute atomic E-state index is 0.717. The standard InChI is InChI=1S/C16H24N6/c1-12-15(13(2)22(4)21-12)11-20-16(17-3)19-10-8-14-7-5-6-9-18-14/h5-7,9H,8,10-11H2,1-4H3,(H2,17,19,20). The lowest BCUT2D eigenvalue weighted by Crippen LogP contribution is -2.38. The van der Waals surface area contributed by atoms with Crippen molar-refractivity contribution < 1.29 is 0 Å². The van der Waals surface area contributed by atoms with Crippen molar-refractivity contribution in [2.45, 2.75) is 26.8 Å². The first kappa shape index (κ1) is 16.0. The zero-order chi connectivity index (χ0) is 15.9. The van der Waals surface area contributed by atoms with E-state index in [1.54, 1.807) is 7.05 Å². The summed E-state index contributed by atoms with van der Waals surface area (Å²) in [5.74, 6) is 0.790. The summed E-state index contributed by atoms with van der Waals surface area (Å²) < 4.78 is 1.91. The van der Waals surface area contributed by atoms with Gasteiger partial charge in [0.15, 0.2) is 5.96 Å². The average Bonchev–Trinajstić information content (AvgIpc) is 2.77. The molecule has 0 radical (unpaired) electrons. The van der Waals surface area contributed by atoms with E-state index in [0.29, 0.717) is 0 Å². The highest BCUT2D eigenvalue weighted by Gasteiger charge is 2.09.